The first-order valence-electron chi connectivity index (χ1n) is 15.7. The number of carbonyl (C=O) groups excluding carboxylic acids is 3. The van der Waals surface area contributed by atoms with E-state index in [4.69, 9.17) is 0 Å². The van der Waals surface area contributed by atoms with Crippen molar-refractivity contribution < 1.29 is 28.3 Å². The smallest absolute Gasteiger partial charge is 0.253 e. The maximum absolute atomic E-state index is 14.0. The molecule has 3 amide bonds. The van der Waals surface area contributed by atoms with E-state index >= 15 is 0 Å². The Kier molecular flexibility index (Phi) is 14.1. The zero-order valence-corrected chi connectivity index (χ0v) is 26.5. The minimum Gasteiger partial charge on any atom is -0.391 e. The molecule has 0 spiro atoms. The third-order valence-electron chi connectivity index (χ3n) is 7.49. The number of carbonyl (C=O) groups is 3. The van der Waals surface area contributed by atoms with Crippen LogP contribution < -0.4 is 10.6 Å². The Morgan fingerprint density at radius 3 is 2.16 bits per heavy atom. The fraction of sp³-hybridized carbons (Fsp3) is 0.417. The third kappa shape index (κ3) is 11.7. The van der Waals surface area contributed by atoms with Crippen LogP contribution in [0.4, 0.5) is 8.78 Å². The van der Waals surface area contributed by atoms with Gasteiger partial charge in [0.2, 0.25) is 5.91 Å². The Hall–Kier alpha value is -4.11. The third-order valence-corrected chi connectivity index (χ3v) is 7.49. The second-order valence-electron chi connectivity index (χ2n) is 11.5. The fourth-order valence-electron chi connectivity index (χ4n) is 5.34. The highest BCUT2D eigenvalue weighted by atomic mass is 19.1. The van der Waals surface area contributed by atoms with Crippen molar-refractivity contribution in [2.24, 2.45) is 0 Å². The molecule has 0 heterocycles. The molecule has 3 N–H and O–H groups in total. The van der Waals surface area contributed by atoms with Crippen LogP contribution in [0.3, 0.4) is 0 Å². The normalized spacial score (nSPS) is 12.3. The van der Waals surface area contributed by atoms with E-state index in [9.17, 15) is 28.3 Å². The number of nitrogens with zero attached hydrogens (tertiary/aromatic N) is 1. The molecule has 3 rings (SSSR count). The number of benzene rings is 3. The molecule has 0 saturated carbocycles. The van der Waals surface area contributed by atoms with E-state index in [1.54, 1.807) is 24.0 Å². The summed E-state index contributed by atoms with van der Waals surface area (Å²) < 4.78 is 27.9. The van der Waals surface area contributed by atoms with Gasteiger partial charge in [0.15, 0.2) is 0 Å². The standard InChI is InChI=1S/C36H45F2N3O4/c1-4-16-41(17-5-2)36(45)29-19-25(3)18-28(23-29)35(44)40-32(22-27-20-30(37)24-31(38)21-27)33(42)14-15-39-34(43)13-9-12-26-10-7-6-8-11-26/h6-8,10-11,18-21,23-24,32-33,42H,4-5,9,12-17,22H2,1-3H3,(H,39,43)(H,40,44)/t32-,33-/m0/s1. The first-order valence-corrected chi connectivity index (χ1v) is 15.7. The number of rotatable bonds is 17. The molecule has 0 aromatic heterocycles. The van der Waals surface area contributed by atoms with Crippen LogP contribution in [0.15, 0.2) is 66.7 Å². The lowest BCUT2D eigenvalue weighted by molar-refractivity contribution is -0.121. The summed E-state index contributed by atoms with van der Waals surface area (Å²) in [6.07, 6.45) is 2.31. The van der Waals surface area contributed by atoms with Gasteiger partial charge in [0.1, 0.15) is 11.6 Å². The van der Waals surface area contributed by atoms with Gasteiger partial charge in [-0.1, -0.05) is 44.2 Å². The van der Waals surface area contributed by atoms with E-state index in [1.807, 2.05) is 44.2 Å². The van der Waals surface area contributed by atoms with Crippen LogP contribution in [-0.2, 0) is 17.6 Å². The number of hydrogen-bond donors (Lipinski definition) is 3. The molecule has 242 valence electrons. The molecular weight excluding hydrogens is 576 g/mol. The fourth-order valence-corrected chi connectivity index (χ4v) is 5.34. The Labute approximate surface area is 265 Å². The van der Waals surface area contributed by atoms with Gasteiger partial charge in [0, 0.05) is 43.2 Å². The van der Waals surface area contributed by atoms with Crippen molar-refractivity contribution in [1.29, 1.82) is 0 Å². The summed E-state index contributed by atoms with van der Waals surface area (Å²) in [5.41, 5.74) is 2.76. The maximum atomic E-state index is 14.0. The molecule has 0 aliphatic heterocycles. The number of nitrogens with one attached hydrogen (secondary N) is 2. The van der Waals surface area contributed by atoms with E-state index in [2.05, 4.69) is 10.6 Å². The summed E-state index contributed by atoms with van der Waals surface area (Å²) in [7, 11) is 0. The second-order valence-corrected chi connectivity index (χ2v) is 11.5. The van der Waals surface area contributed by atoms with Gasteiger partial charge < -0.3 is 20.6 Å². The van der Waals surface area contributed by atoms with Gasteiger partial charge in [0.05, 0.1) is 12.1 Å². The molecular formula is C36H45F2N3O4. The van der Waals surface area contributed by atoms with Crippen molar-refractivity contribution in [3.63, 3.8) is 0 Å². The van der Waals surface area contributed by atoms with Crippen molar-refractivity contribution in [3.8, 4) is 0 Å². The van der Waals surface area contributed by atoms with Gasteiger partial charge in [-0.2, -0.15) is 0 Å². The number of hydrogen-bond acceptors (Lipinski definition) is 4. The van der Waals surface area contributed by atoms with Crippen LogP contribution in [0, 0.1) is 18.6 Å². The molecule has 3 aromatic carbocycles. The lowest BCUT2D eigenvalue weighted by atomic mass is 9.97. The summed E-state index contributed by atoms with van der Waals surface area (Å²) in [4.78, 5) is 40.9. The van der Waals surface area contributed by atoms with Crippen molar-refractivity contribution in [3.05, 3.63) is 106 Å². The highest BCUT2D eigenvalue weighted by Crippen LogP contribution is 2.17. The summed E-state index contributed by atoms with van der Waals surface area (Å²) >= 11 is 0. The second kappa shape index (κ2) is 18.0. The Morgan fingerprint density at radius 2 is 1.51 bits per heavy atom. The number of aliphatic hydroxyl groups is 1. The summed E-state index contributed by atoms with van der Waals surface area (Å²) in [6.45, 7) is 7.15. The zero-order chi connectivity index (χ0) is 32.8. The Balaban J connectivity index is 1.69. The molecule has 0 fully saturated rings. The summed E-state index contributed by atoms with van der Waals surface area (Å²) in [5, 5.41) is 16.7. The largest absolute Gasteiger partial charge is 0.391 e. The predicted molar refractivity (Wildman–Crippen MR) is 172 cm³/mol. The monoisotopic (exact) mass is 621 g/mol. The molecule has 2 atom stereocenters. The Bertz CT molecular complexity index is 1390. The lowest BCUT2D eigenvalue weighted by Gasteiger charge is -2.25. The minimum absolute atomic E-state index is 0.0506. The lowest BCUT2D eigenvalue weighted by Crippen LogP contribution is -2.46. The molecule has 0 bridgehead atoms. The number of halogens is 2. The zero-order valence-electron chi connectivity index (χ0n) is 26.5. The molecule has 0 unspecified atom stereocenters. The predicted octanol–water partition coefficient (Wildman–Crippen LogP) is 5.77. The first-order chi connectivity index (χ1) is 21.6. The highest BCUT2D eigenvalue weighted by molar-refractivity contribution is 6.00. The van der Waals surface area contributed by atoms with Crippen molar-refractivity contribution in [2.75, 3.05) is 19.6 Å². The molecule has 3 aromatic rings. The van der Waals surface area contributed by atoms with E-state index in [1.165, 1.54) is 6.07 Å². The Morgan fingerprint density at radius 1 is 0.867 bits per heavy atom. The van der Waals surface area contributed by atoms with Gasteiger partial charge >= 0.3 is 0 Å². The quantitative estimate of drug-likeness (QED) is 0.178. The van der Waals surface area contributed by atoms with Crippen LogP contribution in [0.2, 0.25) is 0 Å². The van der Waals surface area contributed by atoms with Crippen LogP contribution in [-0.4, -0.2) is 59.5 Å². The first kappa shape index (κ1) is 35.4. The van der Waals surface area contributed by atoms with Gasteiger partial charge in [-0.25, -0.2) is 8.78 Å². The van der Waals surface area contributed by atoms with Gasteiger partial charge in [-0.3, -0.25) is 14.4 Å². The van der Waals surface area contributed by atoms with E-state index in [-0.39, 0.29) is 42.3 Å². The average molecular weight is 622 g/mol. The molecule has 7 nitrogen and oxygen atoms in total. The minimum atomic E-state index is -1.14. The van der Waals surface area contributed by atoms with Crippen molar-refractivity contribution >= 4 is 17.7 Å². The van der Waals surface area contributed by atoms with E-state index < -0.39 is 29.7 Å². The van der Waals surface area contributed by atoms with Crippen molar-refractivity contribution in [1.82, 2.24) is 15.5 Å². The molecule has 0 radical (unpaired) electrons. The van der Waals surface area contributed by atoms with Crippen LogP contribution in [0.1, 0.15) is 83.4 Å². The van der Waals surface area contributed by atoms with E-state index in [0.29, 0.717) is 31.5 Å². The van der Waals surface area contributed by atoms with Crippen LogP contribution >= 0.6 is 0 Å². The molecule has 9 heteroatoms. The molecule has 0 saturated heterocycles. The molecule has 0 aliphatic carbocycles. The number of aliphatic hydroxyl groups excluding tert-OH is 1. The van der Waals surface area contributed by atoms with Crippen LogP contribution in [0.25, 0.3) is 0 Å². The van der Waals surface area contributed by atoms with Gasteiger partial charge in [-0.05, 0) is 92.5 Å². The molecule has 45 heavy (non-hydrogen) atoms. The summed E-state index contributed by atoms with van der Waals surface area (Å²) in [6, 6.07) is 16.9. The SMILES string of the molecule is CCCN(CCC)C(=O)c1cc(C)cc(C(=O)N[C@@H](Cc2cc(F)cc(F)c2)[C@@H](O)CCNC(=O)CCCc2ccccc2)c1. The average Bonchev–Trinajstić information content (AvgIpc) is 3.00. The van der Waals surface area contributed by atoms with Gasteiger partial charge in [-0.15, -0.1) is 0 Å². The maximum Gasteiger partial charge on any atom is 0.253 e. The van der Waals surface area contributed by atoms with Crippen molar-refractivity contribution in [2.45, 2.75) is 77.9 Å². The highest BCUT2D eigenvalue weighted by Gasteiger charge is 2.24. The topological polar surface area (TPSA) is 98.7 Å². The number of aryl methyl sites for hydroxylation is 2. The molecule has 0 aliphatic rings. The van der Waals surface area contributed by atoms with Crippen LogP contribution in [0.5, 0.6) is 0 Å². The number of amides is 3. The van der Waals surface area contributed by atoms with E-state index in [0.717, 1.165) is 48.6 Å². The summed E-state index contributed by atoms with van der Waals surface area (Å²) in [5.74, 6) is -2.38. The van der Waals surface area contributed by atoms with Gasteiger partial charge in [0.25, 0.3) is 11.8 Å².